The number of rotatable bonds is 5. The van der Waals surface area contributed by atoms with Gasteiger partial charge in [0, 0.05) is 18.4 Å². The normalized spacial score (nSPS) is 11.6. The van der Waals surface area contributed by atoms with E-state index in [0.717, 1.165) is 18.7 Å². The molecule has 0 unspecified atom stereocenters. The van der Waals surface area contributed by atoms with Crippen molar-refractivity contribution in [2.24, 2.45) is 5.73 Å². The van der Waals surface area contributed by atoms with E-state index >= 15 is 0 Å². The van der Waals surface area contributed by atoms with Gasteiger partial charge in [0.25, 0.3) is 0 Å². The molecule has 0 saturated heterocycles. The van der Waals surface area contributed by atoms with Gasteiger partial charge in [0.05, 0.1) is 17.8 Å². The third-order valence-corrected chi connectivity index (χ3v) is 3.81. The molecule has 0 bridgehead atoms. The van der Waals surface area contributed by atoms with E-state index in [1.54, 1.807) is 0 Å². The Labute approximate surface area is 125 Å². The first-order valence-corrected chi connectivity index (χ1v) is 7.50. The molecule has 3 rings (SSSR count). The molecule has 0 aliphatic rings. The molecule has 0 aliphatic heterocycles. The van der Waals surface area contributed by atoms with Gasteiger partial charge in [-0.2, -0.15) is 5.10 Å². The standard InChI is InChI=1S/C17H22N4/c1-13(2)21-11-8-16(19-21)12-20-10-7-15-5-3-4-14(6-9-18)17(15)20/h3-5,7-8,10-11,13H,6,9,12,18H2,1-2H3. The van der Waals surface area contributed by atoms with Gasteiger partial charge in [0.15, 0.2) is 0 Å². The molecule has 0 amide bonds. The van der Waals surface area contributed by atoms with Gasteiger partial charge in [-0.15, -0.1) is 0 Å². The predicted molar refractivity (Wildman–Crippen MR) is 86.4 cm³/mol. The Morgan fingerprint density at radius 1 is 1.14 bits per heavy atom. The Balaban J connectivity index is 1.96. The van der Waals surface area contributed by atoms with Gasteiger partial charge in [0.2, 0.25) is 0 Å². The third-order valence-electron chi connectivity index (χ3n) is 3.81. The maximum atomic E-state index is 5.73. The van der Waals surface area contributed by atoms with Crippen LogP contribution in [0.2, 0.25) is 0 Å². The molecule has 0 fully saturated rings. The molecular weight excluding hydrogens is 260 g/mol. The SMILES string of the molecule is CC(C)n1ccc(Cn2ccc3cccc(CCN)c32)n1. The zero-order valence-electron chi connectivity index (χ0n) is 12.7. The summed E-state index contributed by atoms with van der Waals surface area (Å²) < 4.78 is 4.27. The monoisotopic (exact) mass is 282 g/mol. The lowest BCUT2D eigenvalue weighted by Gasteiger charge is -2.08. The van der Waals surface area contributed by atoms with Crippen molar-refractivity contribution in [1.82, 2.24) is 14.3 Å². The van der Waals surface area contributed by atoms with Gasteiger partial charge in [-0.05, 0) is 49.9 Å². The van der Waals surface area contributed by atoms with Crippen LogP contribution in [0.4, 0.5) is 0 Å². The van der Waals surface area contributed by atoms with Gasteiger partial charge >= 0.3 is 0 Å². The molecule has 0 atom stereocenters. The van der Waals surface area contributed by atoms with Crippen LogP contribution in [0.25, 0.3) is 10.9 Å². The molecule has 110 valence electrons. The van der Waals surface area contributed by atoms with Crippen LogP contribution in [0.5, 0.6) is 0 Å². The first kappa shape index (κ1) is 13.9. The summed E-state index contributed by atoms with van der Waals surface area (Å²) in [5, 5.41) is 5.91. The Bertz CT molecular complexity index is 736. The van der Waals surface area contributed by atoms with Crippen LogP contribution < -0.4 is 5.73 Å². The smallest absolute Gasteiger partial charge is 0.0821 e. The minimum Gasteiger partial charge on any atom is -0.341 e. The minimum absolute atomic E-state index is 0.396. The molecule has 3 aromatic rings. The van der Waals surface area contributed by atoms with Crippen molar-refractivity contribution in [1.29, 1.82) is 0 Å². The van der Waals surface area contributed by atoms with Crippen molar-refractivity contribution in [2.75, 3.05) is 6.54 Å². The highest BCUT2D eigenvalue weighted by Gasteiger charge is 2.08. The van der Waals surface area contributed by atoms with Gasteiger partial charge in [-0.1, -0.05) is 18.2 Å². The third kappa shape index (κ3) is 2.72. The molecule has 1 aromatic carbocycles. The first-order chi connectivity index (χ1) is 10.2. The van der Waals surface area contributed by atoms with E-state index < -0.39 is 0 Å². The lowest BCUT2D eigenvalue weighted by molar-refractivity contribution is 0.524. The van der Waals surface area contributed by atoms with Crippen molar-refractivity contribution in [3.05, 3.63) is 54.0 Å². The molecule has 2 heterocycles. The van der Waals surface area contributed by atoms with Gasteiger partial charge < -0.3 is 10.3 Å². The Morgan fingerprint density at radius 2 is 2.00 bits per heavy atom. The molecule has 21 heavy (non-hydrogen) atoms. The first-order valence-electron chi connectivity index (χ1n) is 7.50. The number of nitrogens with zero attached hydrogens (tertiary/aromatic N) is 3. The summed E-state index contributed by atoms with van der Waals surface area (Å²) in [5.74, 6) is 0. The molecule has 0 saturated carbocycles. The Morgan fingerprint density at radius 3 is 2.71 bits per heavy atom. The van der Waals surface area contributed by atoms with Crippen LogP contribution in [-0.4, -0.2) is 20.9 Å². The van der Waals surface area contributed by atoms with Crippen LogP contribution in [0, 0.1) is 0 Å². The summed E-state index contributed by atoms with van der Waals surface area (Å²) in [6, 6.07) is 11.1. The second-order valence-electron chi connectivity index (χ2n) is 5.72. The highest BCUT2D eigenvalue weighted by molar-refractivity contribution is 5.83. The van der Waals surface area contributed by atoms with E-state index in [2.05, 4.69) is 60.0 Å². The van der Waals surface area contributed by atoms with Gasteiger partial charge in [0.1, 0.15) is 0 Å². The molecule has 4 heteroatoms. The minimum atomic E-state index is 0.396. The van der Waals surface area contributed by atoms with E-state index in [4.69, 9.17) is 5.73 Å². The molecule has 2 N–H and O–H groups in total. The van der Waals surface area contributed by atoms with Crippen molar-refractivity contribution >= 4 is 10.9 Å². The van der Waals surface area contributed by atoms with E-state index in [9.17, 15) is 0 Å². The zero-order chi connectivity index (χ0) is 14.8. The number of para-hydroxylation sites is 1. The Kier molecular flexibility index (Phi) is 3.80. The maximum absolute atomic E-state index is 5.73. The van der Waals surface area contributed by atoms with Crippen LogP contribution in [0.3, 0.4) is 0 Å². The average molecular weight is 282 g/mol. The van der Waals surface area contributed by atoms with E-state index in [-0.39, 0.29) is 0 Å². The van der Waals surface area contributed by atoms with E-state index in [1.165, 1.54) is 16.5 Å². The Hall–Kier alpha value is -2.07. The summed E-state index contributed by atoms with van der Waals surface area (Å²) in [4.78, 5) is 0. The summed E-state index contributed by atoms with van der Waals surface area (Å²) in [5.41, 5.74) is 9.41. The molecule has 0 radical (unpaired) electrons. The number of fused-ring (bicyclic) bond motifs is 1. The molecule has 0 spiro atoms. The molecular formula is C17H22N4. The predicted octanol–water partition coefficient (Wildman–Crippen LogP) is 2.97. The summed E-state index contributed by atoms with van der Waals surface area (Å²) >= 11 is 0. The lowest BCUT2D eigenvalue weighted by atomic mass is 10.1. The summed E-state index contributed by atoms with van der Waals surface area (Å²) in [6.07, 6.45) is 5.09. The van der Waals surface area contributed by atoms with E-state index in [0.29, 0.717) is 12.6 Å². The second kappa shape index (κ2) is 5.74. The number of hydrogen-bond acceptors (Lipinski definition) is 2. The number of benzene rings is 1. The number of nitrogens with two attached hydrogens (primary N) is 1. The highest BCUT2D eigenvalue weighted by atomic mass is 15.3. The van der Waals surface area contributed by atoms with Crippen molar-refractivity contribution in [3.63, 3.8) is 0 Å². The quantitative estimate of drug-likeness (QED) is 0.782. The zero-order valence-corrected chi connectivity index (χ0v) is 12.7. The number of hydrogen-bond donors (Lipinski definition) is 1. The number of aromatic nitrogens is 3. The van der Waals surface area contributed by atoms with Crippen molar-refractivity contribution < 1.29 is 0 Å². The largest absolute Gasteiger partial charge is 0.341 e. The average Bonchev–Trinajstić information content (AvgIpc) is 3.08. The van der Waals surface area contributed by atoms with Gasteiger partial charge in [-0.3, -0.25) is 4.68 Å². The van der Waals surface area contributed by atoms with Crippen LogP contribution >= 0.6 is 0 Å². The fraction of sp³-hybridized carbons (Fsp3) is 0.353. The lowest BCUT2D eigenvalue weighted by Crippen LogP contribution is -2.07. The van der Waals surface area contributed by atoms with E-state index in [1.807, 2.05) is 10.9 Å². The molecule has 0 aliphatic carbocycles. The van der Waals surface area contributed by atoms with Gasteiger partial charge in [-0.25, -0.2) is 0 Å². The second-order valence-corrected chi connectivity index (χ2v) is 5.72. The topological polar surface area (TPSA) is 48.8 Å². The van der Waals surface area contributed by atoms with Crippen LogP contribution in [0.15, 0.2) is 42.7 Å². The maximum Gasteiger partial charge on any atom is 0.0821 e. The molecule has 4 nitrogen and oxygen atoms in total. The summed E-state index contributed by atoms with van der Waals surface area (Å²) in [6.45, 7) is 5.75. The van der Waals surface area contributed by atoms with Crippen LogP contribution in [0.1, 0.15) is 31.1 Å². The fourth-order valence-corrected chi connectivity index (χ4v) is 2.75. The highest BCUT2D eigenvalue weighted by Crippen LogP contribution is 2.21. The molecule has 2 aromatic heterocycles. The van der Waals surface area contributed by atoms with Crippen LogP contribution in [-0.2, 0) is 13.0 Å². The van der Waals surface area contributed by atoms with Crippen molar-refractivity contribution in [3.8, 4) is 0 Å². The van der Waals surface area contributed by atoms with Crippen molar-refractivity contribution in [2.45, 2.75) is 32.9 Å². The summed E-state index contributed by atoms with van der Waals surface area (Å²) in [7, 11) is 0. The fourth-order valence-electron chi connectivity index (χ4n) is 2.75.